The summed E-state index contributed by atoms with van der Waals surface area (Å²) in [5.41, 5.74) is -1.03. The first-order chi connectivity index (χ1) is 27.4. The molecule has 1 amide bonds. The number of hydrogen-bond acceptors (Lipinski definition) is 9. The number of aromatic nitrogens is 8. The highest BCUT2D eigenvalue weighted by atomic mass is 32.2. The third kappa shape index (κ3) is 6.52. The number of pyridine rings is 1. The van der Waals surface area contributed by atoms with Crippen molar-refractivity contribution < 1.29 is 43.9 Å². The lowest BCUT2D eigenvalue weighted by atomic mass is 9.94. The van der Waals surface area contributed by atoms with Crippen molar-refractivity contribution in [3.8, 4) is 21.7 Å². The average Bonchev–Trinajstić information content (AvgIpc) is 3.54. The maximum absolute atomic E-state index is 15.4. The lowest BCUT2D eigenvalue weighted by molar-refractivity contribution is -0.142. The Morgan fingerprint density at radius 2 is 1.84 bits per heavy atom. The summed E-state index contributed by atoms with van der Waals surface area (Å²) in [4.78, 5) is 23.5. The van der Waals surface area contributed by atoms with Gasteiger partial charge >= 0.3 is 6.18 Å². The van der Waals surface area contributed by atoms with Crippen LogP contribution in [0, 0.1) is 17.6 Å². The number of nitrogens with zero attached hydrogens (tertiary/aromatic N) is 7. The van der Waals surface area contributed by atoms with Crippen LogP contribution in [0.5, 0.6) is 0 Å². The molecule has 2 aliphatic rings. The van der Waals surface area contributed by atoms with Gasteiger partial charge in [-0.3, -0.25) is 24.0 Å². The molecule has 2 aromatic carbocycles. The number of carbonyl (C=O) groups is 1. The zero-order chi connectivity index (χ0) is 41.1. The highest BCUT2D eigenvalue weighted by Gasteiger charge is 2.68. The quantitative estimate of drug-likeness (QED) is 0.126. The number of rotatable bonds is 10. The fourth-order valence-corrected chi connectivity index (χ4v) is 9.24. The number of nitrogens with one attached hydrogen (secondary N) is 3. The molecule has 0 spiro atoms. The van der Waals surface area contributed by atoms with Crippen molar-refractivity contribution in [3.63, 3.8) is 0 Å². The molecular formula is C36H27F7N10O3S2. The van der Waals surface area contributed by atoms with Crippen LogP contribution in [0.4, 0.5) is 36.6 Å². The molecule has 2 aliphatic carbocycles. The Labute approximate surface area is 326 Å². The number of H-pyrrole nitrogens is 1. The topological polar surface area (TPSA) is 165 Å². The largest absolute Gasteiger partial charge is 0.435 e. The van der Waals surface area contributed by atoms with Gasteiger partial charge in [-0.15, -0.1) is 11.3 Å². The molecule has 58 heavy (non-hydrogen) atoms. The zero-order valence-corrected chi connectivity index (χ0v) is 31.5. The predicted octanol–water partition coefficient (Wildman–Crippen LogP) is 6.81. The number of aromatic amines is 1. The first-order valence-corrected chi connectivity index (χ1v) is 20.1. The van der Waals surface area contributed by atoms with E-state index in [-0.39, 0.29) is 35.6 Å². The molecule has 300 valence electrons. The molecule has 1 fully saturated rings. The number of fused-ring (bicyclic) bond motifs is 5. The summed E-state index contributed by atoms with van der Waals surface area (Å²) in [6.45, 7) is -1.06. The normalized spacial score (nSPS) is 17.7. The van der Waals surface area contributed by atoms with Crippen LogP contribution in [0.15, 0.2) is 54.9 Å². The van der Waals surface area contributed by atoms with Crippen molar-refractivity contribution in [2.75, 3.05) is 11.0 Å². The second-order valence-corrected chi connectivity index (χ2v) is 17.0. The summed E-state index contributed by atoms with van der Waals surface area (Å²) < 4.78 is 132. The van der Waals surface area contributed by atoms with Gasteiger partial charge in [0, 0.05) is 52.9 Å². The third-order valence-electron chi connectivity index (χ3n) is 10.1. The number of anilines is 1. The highest BCUT2D eigenvalue weighted by Crippen LogP contribution is 2.68. The second kappa shape index (κ2) is 13.1. The van der Waals surface area contributed by atoms with Gasteiger partial charge in [-0.1, -0.05) is 12.1 Å². The molecule has 7 aromatic rings. The van der Waals surface area contributed by atoms with Crippen LogP contribution in [0.1, 0.15) is 46.6 Å². The van der Waals surface area contributed by atoms with Crippen molar-refractivity contribution in [1.29, 1.82) is 0 Å². The molecule has 9 rings (SSSR count). The second-order valence-electron chi connectivity index (χ2n) is 14.2. The lowest BCUT2D eigenvalue weighted by Gasteiger charge is -2.23. The number of thiazole rings is 1. The van der Waals surface area contributed by atoms with Gasteiger partial charge in [0.25, 0.3) is 5.92 Å². The minimum atomic E-state index is -5.07. The molecule has 3 N–H and O–H groups in total. The zero-order valence-electron chi connectivity index (χ0n) is 29.9. The molecule has 0 aliphatic heterocycles. The molecule has 2 unspecified atom stereocenters. The van der Waals surface area contributed by atoms with Crippen LogP contribution >= 0.6 is 11.3 Å². The molecule has 13 nitrogen and oxygen atoms in total. The van der Waals surface area contributed by atoms with Gasteiger partial charge in [-0.2, -0.15) is 37.2 Å². The van der Waals surface area contributed by atoms with E-state index in [2.05, 4.69) is 35.4 Å². The number of alkyl halides is 5. The first-order valence-electron chi connectivity index (χ1n) is 17.4. The number of sulfonamides is 1. The fourth-order valence-electron chi connectivity index (χ4n) is 7.80. The van der Waals surface area contributed by atoms with E-state index in [1.54, 1.807) is 37.5 Å². The maximum atomic E-state index is 15.4. The van der Waals surface area contributed by atoms with E-state index in [4.69, 9.17) is 4.98 Å². The minimum absolute atomic E-state index is 0.0111. The summed E-state index contributed by atoms with van der Waals surface area (Å²) in [5, 5.41) is 18.1. The molecule has 0 radical (unpaired) electrons. The molecule has 1 saturated carbocycles. The fraction of sp³-hybridized carbons (Fsp3) is 0.278. The van der Waals surface area contributed by atoms with E-state index in [9.17, 15) is 35.2 Å². The number of hydrogen-bond donors (Lipinski definition) is 3. The Morgan fingerprint density at radius 3 is 2.53 bits per heavy atom. The van der Waals surface area contributed by atoms with Crippen molar-refractivity contribution >= 4 is 54.3 Å². The van der Waals surface area contributed by atoms with Crippen LogP contribution < -0.4 is 10.0 Å². The smallest absolute Gasteiger partial charge is 0.346 e. The van der Waals surface area contributed by atoms with Gasteiger partial charge < -0.3 is 5.32 Å². The van der Waals surface area contributed by atoms with E-state index in [0.29, 0.717) is 48.0 Å². The molecular weight excluding hydrogens is 818 g/mol. The van der Waals surface area contributed by atoms with Crippen molar-refractivity contribution in [2.45, 2.75) is 43.4 Å². The average molecular weight is 845 g/mol. The summed E-state index contributed by atoms with van der Waals surface area (Å²) in [5.74, 6) is -8.97. The van der Waals surface area contributed by atoms with Gasteiger partial charge in [0.05, 0.1) is 34.4 Å². The number of carbonyl (C=O) groups excluding carboxylic acids is 1. The van der Waals surface area contributed by atoms with Gasteiger partial charge in [0.2, 0.25) is 15.9 Å². The van der Waals surface area contributed by atoms with Crippen LogP contribution in [-0.4, -0.2) is 60.3 Å². The molecule has 0 saturated heterocycles. The van der Waals surface area contributed by atoms with Crippen LogP contribution in [0.2, 0.25) is 0 Å². The van der Waals surface area contributed by atoms with Gasteiger partial charge in [0.15, 0.2) is 17.2 Å². The van der Waals surface area contributed by atoms with Crippen LogP contribution in [0.3, 0.4) is 0 Å². The van der Waals surface area contributed by atoms with Gasteiger partial charge in [-0.25, -0.2) is 27.2 Å². The minimum Gasteiger partial charge on any atom is -0.346 e. The van der Waals surface area contributed by atoms with Crippen LogP contribution in [-0.2, 0) is 46.9 Å². The monoisotopic (exact) mass is 844 g/mol. The van der Waals surface area contributed by atoms with Crippen molar-refractivity contribution in [1.82, 2.24) is 45.0 Å². The molecule has 0 bridgehead atoms. The van der Waals surface area contributed by atoms with E-state index >= 15 is 8.78 Å². The number of halogens is 7. The number of para-hydroxylation sites is 1. The SMILES string of the molecule is Cn1nc(NS(C)(=O)=O)c2cccc(-c3cc4sc(-c5cn[nH]c5)nc4nc3C(Cc3cc(F)cc(F)c3)NC(=O)Cn3nc(C(F)(F)F)c4c3C(F)(F)C3C[C@H]43)c21. The Morgan fingerprint density at radius 1 is 1.09 bits per heavy atom. The van der Waals surface area contributed by atoms with E-state index in [1.807, 2.05) is 0 Å². The van der Waals surface area contributed by atoms with Crippen molar-refractivity contribution in [2.24, 2.45) is 13.0 Å². The lowest BCUT2D eigenvalue weighted by Crippen LogP contribution is -2.35. The van der Waals surface area contributed by atoms with E-state index < -0.39 is 81.0 Å². The Hall–Kier alpha value is -5.90. The highest BCUT2D eigenvalue weighted by molar-refractivity contribution is 7.92. The summed E-state index contributed by atoms with van der Waals surface area (Å²) >= 11 is 1.24. The molecule has 5 heterocycles. The Balaban J connectivity index is 1.21. The predicted molar refractivity (Wildman–Crippen MR) is 196 cm³/mol. The molecule has 5 aromatic heterocycles. The summed E-state index contributed by atoms with van der Waals surface area (Å²) in [6, 6.07) is 8.00. The number of aryl methyl sites for hydroxylation is 1. The maximum Gasteiger partial charge on any atom is 0.435 e. The summed E-state index contributed by atoms with van der Waals surface area (Å²) in [6.07, 6.45) is -1.45. The Kier molecular flexibility index (Phi) is 8.48. The third-order valence-corrected chi connectivity index (χ3v) is 11.7. The Bertz CT molecular complexity index is 2900. The number of amides is 1. The standard InChI is InChI=1S/C36H27F7N10O3S2/c1-52-29-19(4-3-5-20(29)32(50-52)51-58(2,55)56)21-11-25-33(48-34(57-25)16-12-44-45-13-16)47-28(21)24(8-15-6-17(37)9-18(38)7-15)46-26(54)14-53-31-27(30(49-53)36(41,42)43)22-10-23(22)35(31,39)40/h3-7,9,11-13,22-24H,8,10,14H2,1-2H3,(H,44,45)(H,46,54)(H,50,51)/t22-,23?,24?/m0/s1. The van der Waals surface area contributed by atoms with Crippen molar-refractivity contribution in [3.05, 3.63) is 94.7 Å². The van der Waals surface area contributed by atoms with Crippen LogP contribution in [0.25, 0.3) is 42.9 Å². The van der Waals surface area contributed by atoms with Gasteiger partial charge in [0.1, 0.15) is 28.9 Å². The van der Waals surface area contributed by atoms with Gasteiger partial charge in [-0.05, 0) is 48.6 Å². The van der Waals surface area contributed by atoms with E-state index in [1.165, 1.54) is 22.2 Å². The number of benzene rings is 2. The molecule has 3 atom stereocenters. The first kappa shape index (κ1) is 37.7. The summed E-state index contributed by atoms with van der Waals surface area (Å²) in [7, 11) is -2.21. The molecule has 22 heteroatoms. The van der Waals surface area contributed by atoms with E-state index in [0.717, 1.165) is 18.4 Å².